The van der Waals surface area contributed by atoms with Crippen LogP contribution in [0.4, 0.5) is 17.1 Å². The Labute approximate surface area is 395 Å². The minimum atomic E-state index is -0.159. The lowest BCUT2D eigenvalue weighted by Gasteiger charge is -2.30. The van der Waals surface area contributed by atoms with Crippen LogP contribution in [0.2, 0.25) is 0 Å². The lowest BCUT2D eigenvalue weighted by molar-refractivity contribution is 0.660. The van der Waals surface area contributed by atoms with Crippen molar-refractivity contribution < 1.29 is 0 Å². The Bertz CT molecular complexity index is 3360. The fraction of sp³-hybridized carbons (Fsp3) is 0.185. The molecule has 0 radical (unpaired) electrons. The van der Waals surface area contributed by atoms with E-state index in [1.54, 1.807) is 0 Å². The van der Waals surface area contributed by atoms with Crippen molar-refractivity contribution in [3.8, 4) is 67.0 Å². The van der Waals surface area contributed by atoms with Crippen molar-refractivity contribution in [1.82, 2.24) is 4.98 Å². The fourth-order valence-corrected chi connectivity index (χ4v) is 12.8. The maximum atomic E-state index is 5.68. The largest absolute Gasteiger partial charge is 0.310 e. The Morgan fingerprint density at radius 3 is 0.896 bits per heavy atom. The zero-order chi connectivity index (χ0) is 45.8. The molecule has 0 saturated heterocycles. The van der Waals surface area contributed by atoms with E-state index in [0.717, 1.165) is 39.6 Å². The first-order chi connectivity index (χ1) is 32.2. The molecular formula is C65H54N2. The maximum absolute atomic E-state index is 5.68. The first kappa shape index (κ1) is 40.0. The van der Waals surface area contributed by atoms with Gasteiger partial charge in [-0.05, 0) is 138 Å². The van der Waals surface area contributed by atoms with E-state index in [0.29, 0.717) is 0 Å². The zero-order valence-corrected chi connectivity index (χ0v) is 39.7. The van der Waals surface area contributed by atoms with Crippen LogP contribution in [-0.4, -0.2) is 4.98 Å². The van der Waals surface area contributed by atoms with Gasteiger partial charge >= 0.3 is 0 Å². The predicted octanol–water partition coefficient (Wildman–Crippen LogP) is 17.1. The Morgan fingerprint density at radius 2 is 0.552 bits per heavy atom. The molecule has 0 amide bonds. The van der Waals surface area contributed by atoms with Crippen molar-refractivity contribution in [2.75, 3.05) is 4.90 Å². The van der Waals surface area contributed by atoms with Crippen molar-refractivity contribution in [1.29, 1.82) is 0 Å². The van der Waals surface area contributed by atoms with Crippen LogP contribution in [0.15, 0.2) is 182 Å². The molecule has 9 aromatic rings. The summed E-state index contributed by atoms with van der Waals surface area (Å²) >= 11 is 0. The van der Waals surface area contributed by atoms with E-state index < -0.39 is 0 Å². The quantitative estimate of drug-likeness (QED) is 0.171. The first-order valence-electron chi connectivity index (χ1n) is 24.0. The molecule has 0 fully saturated rings. The van der Waals surface area contributed by atoms with Gasteiger partial charge in [-0.15, -0.1) is 0 Å². The highest BCUT2D eigenvalue weighted by atomic mass is 15.1. The second-order valence-corrected chi connectivity index (χ2v) is 21.6. The van der Waals surface area contributed by atoms with Crippen LogP contribution < -0.4 is 4.90 Å². The summed E-state index contributed by atoms with van der Waals surface area (Å²) in [5.41, 5.74) is 28.3. The predicted molar refractivity (Wildman–Crippen MR) is 280 cm³/mol. The normalized spacial score (nSPS) is 16.2. The van der Waals surface area contributed by atoms with Crippen LogP contribution in [0, 0.1) is 0 Å². The minimum Gasteiger partial charge on any atom is -0.310 e. The van der Waals surface area contributed by atoms with E-state index in [1.165, 1.54) is 89.0 Å². The Hall–Kier alpha value is -7.29. The van der Waals surface area contributed by atoms with Crippen molar-refractivity contribution >= 4 is 17.1 Å². The summed E-state index contributed by atoms with van der Waals surface area (Å²) in [5, 5.41) is 0. The summed E-state index contributed by atoms with van der Waals surface area (Å²) in [5.74, 6) is 0. The van der Waals surface area contributed by atoms with Crippen LogP contribution in [0.3, 0.4) is 0 Å². The number of hydrogen-bond acceptors (Lipinski definition) is 2. The van der Waals surface area contributed by atoms with Gasteiger partial charge in [0.2, 0.25) is 0 Å². The number of aromatic nitrogens is 1. The van der Waals surface area contributed by atoms with E-state index in [9.17, 15) is 0 Å². The molecular weight excluding hydrogens is 809 g/mol. The fourth-order valence-electron chi connectivity index (χ4n) is 12.8. The second kappa shape index (κ2) is 13.6. The lowest BCUT2D eigenvalue weighted by Crippen LogP contribution is -2.18. The summed E-state index contributed by atoms with van der Waals surface area (Å²) in [4.78, 5) is 8.19. The van der Waals surface area contributed by atoms with Gasteiger partial charge in [0, 0.05) is 44.2 Å². The number of rotatable bonds is 5. The molecule has 0 saturated carbocycles. The van der Waals surface area contributed by atoms with Crippen molar-refractivity contribution in [3.05, 3.63) is 226 Å². The average molecular weight is 863 g/mol. The molecule has 0 aliphatic heterocycles. The van der Waals surface area contributed by atoms with E-state index >= 15 is 0 Å². The zero-order valence-electron chi connectivity index (χ0n) is 39.7. The van der Waals surface area contributed by atoms with E-state index in [1.807, 2.05) is 0 Å². The highest BCUT2D eigenvalue weighted by molar-refractivity contribution is 5.91. The molecule has 1 aromatic heterocycles. The van der Waals surface area contributed by atoms with E-state index in [4.69, 9.17) is 4.98 Å². The highest BCUT2D eigenvalue weighted by Gasteiger charge is 2.40. The van der Waals surface area contributed by atoms with Gasteiger partial charge in [-0.25, -0.2) is 4.98 Å². The molecule has 13 rings (SSSR count). The van der Waals surface area contributed by atoms with Crippen LogP contribution >= 0.6 is 0 Å². The molecule has 4 aliphatic rings. The summed E-state index contributed by atoms with van der Waals surface area (Å²) in [7, 11) is 0. The standard InChI is InChI=1S/C65H54N2/c1-62(2)52-21-13-9-17-44(52)48-29-25-39(33-56(48)62)60-37-43(38-61(66-60)40-26-30-49-45-18-10-14-22-53(45)63(3,4)57(49)34-40)67(41-27-31-50-46-19-11-15-23-54(46)64(5,6)58(50)35-41)42-28-32-51-47-20-12-16-24-55(47)65(7,8)59(51)36-42/h9-38H,1-8H3. The van der Waals surface area contributed by atoms with Gasteiger partial charge in [0.1, 0.15) is 0 Å². The van der Waals surface area contributed by atoms with Crippen molar-refractivity contribution in [3.63, 3.8) is 0 Å². The van der Waals surface area contributed by atoms with Crippen LogP contribution in [-0.2, 0) is 21.7 Å². The topological polar surface area (TPSA) is 16.1 Å². The van der Waals surface area contributed by atoms with Gasteiger partial charge in [-0.3, -0.25) is 0 Å². The van der Waals surface area contributed by atoms with Crippen LogP contribution in [0.1, 0.15) is 99.9 Å². The molecule has 67 heavy (non-hydrogen) atoms. The number of nitrogens with zero attached hydrogens (tertiary/aromatic N) is 2. The van der Waals surface area contributed by atoms with Gasteiger partial charge in [0.15, 0.2) is 0 Å². The third kappa shape index (κ3) is 5.53. The van der Waals surface area contributed by atoms with Gasteiger partial charge < -0.3 is 4.90 Å². The monoisotopic (exact) mass is 862 g/mol. The average Bonchev–Trinajstić information content (AvgIpc) is 3.91. The Morgan fingerprint density at radius 1 is 0.269 bits per heavy atom. The Balaban J connectivity index is 1.05. The number of fused-ring (bicyclic) bond motifs is 12. The molecule has 2 heteroatoms. The van der Waals surface area contributed by atoms with Gasteiger partial charge in [0.05, 0.1) is 17.1 Å². The summed E-state index contributed by atoms with van der Waals surface area (Å²) in [6.07, 6.45) is 0. The maximum Gasteiger partial charge on any atom is 0.0730 e. The molecule has 0 unspecified atom stereocenters. The van der Waals surface area contributed by atoms with Crippen molar-refractivity contribution in [2.24, 2.45) is 0 Å². The van der Waals surface area contributed by atoms with E-state index in [-0.39, 0.29) is 21.7 Å². The number of anilines is 3. The SMILES string of the molecule is CC1(C)c2ccccc2-c2ccc(-c3cc(N(c4ccc5c(c4)C(C)(C)c4ccccc4-5)c4ccc5c(c4)C(C)(C)c4ccccc4-5)cc(-c4ccc5c(c4)C(C)(C)c4ccccc4-5)n3)cc21. The molecule has 2 nitrogen and oxygen atoms in total. The molecule has 0 N–H and O–H groups in total. The third-order valence-electron chi connectivity index (χ3n) is 16.5. The molecule has 0 atom stereocenters. The number of hydrogen-bond donors (Lipinski definition) is 0. The van der Waals surface area contributed by atoms with Crippen molar-refractivity contribution in [2.45, 2.75) is 77.0 Å². The molecule has 0 bridgehead atoms. The first-order valence-corrected chi connectivity index (χ1v) is 24.0. The molecule has 1 heterocycles. The third-order valence-corrected chi connectivity index (χ3v) is 16.5. The van der Waals surface area contributed by atoms with E-state index in [2.05, 4.69) is 242 Å². The minimum absolute atomic E-state index is 0.140. The van der Waals surface area contributed by atoms with Gasteiger partial charge in [0.25, 0.3) is 0 Å². The van der Waals surface area contributed by atoms with Gasteiger partial charge in [-0.1, -0.05) is 189 Å². The molecule has 8 aromatic carbocycles. The lowest BCUT2D eigenvalue weighted by atomic mass is 9.81. The number of benzene rings is 8. The highest BCUT2D eigenvalue weighted by Crippen LogP contribution is 2.55. The Kier molecular flexibility index (Phi) is 8.15. The summed E-state index contributed by atoms with van der Waals surface area (Å²) in [6, 6.07) is 68.8. The summed E-state index contributed by atoms with van der Waals surface area (Å²) in [6.45, 7) is 19.0. The molecule has 324 valence electrons. The van der Waals surface area contributed by atoms with Crippen LogP contribution in [0.5, 0.6) is 0 Å². The molecule has 4 aliphatic carbocycles. The molecule has 0 spiro atoms. The summed E-state index contributed by atoms with van der Waals surface area (Å²) < 4.78 is 0. The smallest absolute Gasteiger partial charge is 0.0730 e. The van der Waals surface area contributed by atoms with Crippen LogP contribution in [0.25, 0.3) is 67.0 Å². The number of pyridine rings is 1. The second-order valence-electron chi connectivity index (χ2n) is 21.6. The van der Waals surface area contributed by atoms with Gasteiger partial charge in [-0.2, -0.15) is 0 Å².